The Kier molecular flexibility index (Phi) is 8.98. The van der Waals surface area contributed by atoms with Crippen molar-refractivity contribution in [2.45, 2.75) is 76.8 Å². The number of carbonyl (C=O) groups excluding carboxylic acids is 2. The maximum Gasteiger partial charge on any atom is 0.455 e. The van der Waals surface area contributed by atoms with Gasteiger partial charge in [0.25, 0.3) is 0 Å². The molecule has 2 saturated heterocycles. The van der Waals surface area contributed by atoms with Gasteiger partial charge in [-0.05, 0) is 121 Å². The molecule has 2 aliphatic heterocycles. The molecule has 226 valence electrons. The van der Waals surface area contributed by atoms with Crippen molar-refractivity contribution in [1.82, 2.24) is 9.88 Å². The minimum absolute atomic E-state index is 0.0105. The molecule has 8 nitrogen and oxygen atoms in total. The zero-order valence-electron chi connectivity index (χ0n) is 24.7. The van der Waals surface area contributed by atoms with Crippen LogP contribution in [0.5, 0.6) is 11.5 Å². The molecule has 4 atom stereocenters. The predicted molar refractivity (Wildman–Crippen MR) is 173 cm³/mol. The maximum atomic E-state index is 13.9. The Morgan fingerprint density at radius 1 is 1.19 bits per heavy atom. The lowest BCUT2D eigenvalue weighted by Crippen LogP contribution is -2.46. The molecule has 2 aliphatic carbocycles. The van der Waals surface area contributed by atoms with Crippen LogP contribution < -0.4 is 4.74 Å². The van der Waals surface area contributed by atoms with Gasteiger partial charge in [-0.15, -0.1) is 0 Å². The SMILES string of the molecule is COc1cc(/C=C(/CC[C@H]2OB(O)C[C@H]3C2=C(C)C[C@H]2C(=O)N(C4CCCCC4)C(=O)[C@H]23)c2ccccn2)cc(I)c1O. The van der Waals surface area contributed by atoms with Gasteiger partial charge in [-0.3, -0.25) is 19.5 Å². The maximum absolute atomic E-state index is 13.9. The van der Waals surface area contributed by atoms with Gasteiger partial charge in [0.15, 0.2) is 11.5 Å². The Hall–Kier alpha value is -2.70. The second kappa shape index (κ2) is 12.7. The molecule has 4 aliphatic rings. The highest BCUT2D eigenvalue weighted by molar-refractivity contribution is 14.1. The van der Waals surface area contributed by atoms with E-state index in [2.05, 4.69) is 34.5 Å². The van der Waals surface area contributed by atoms with E-state index in [1.54, 1.807) is 17.2 Å². The topological polar surface area (TPSA) is 109 Å². The molecule has 1 aromatic carbocycles. The number of phenols is 1. The van der Waals surface area contributed by atoms with E-state index in [1.807, 2.05) is 30.3 Å². The van der Waals surface area contributed by atoms with Gasteiger partial charge >= 0.3 is 7.12 Å². The van der Waals surface area contributed by atoms with E-state index < -0.39 is 13.0 Å². The summed E-state index contributed by atoms with van der Waals surface area (Å²) in [6.45, 7) is 2.06. The number of imide groups is 1. The van der Waals surface area contributed by atoms with Crippen molar-refractivity contribution in [3.8, 4) is 11.5 Å². The highest BCUT2D eigenvalue weighted by Gasteiger charge is 2.58. The van der Waals surface area contributed by atoms with Crippen molar-refractivity contribution < 1.29 is 29.1 Å². The standard InChI is InChI=1S/C33H38BIN2O6/c1-19-14-23-30(33(40)37(32(23)39)22-8-4-3-5-9-22)24-18-34(41)43-27(29(19)24)12-11-21(26-10-6-7-13-36-26)15-20-16-25(35)31(38)28(17-20)42-2/h6-7,10,13,15-17,22-24,27,30,38,41H,3-5,8-9,11-12,14,18H2,1-2H3/b21-15-/t23-,24+,27-,30-/m1/s1. The van der Waals surface area contributed by atoms with Crippen LogP contribution in [0.1, 0.15) is 69.5 Å². The van der Waals surface area contributed by atoms with E-state index in [1.165, 1.54) is 7.11 Å². The quantitative estimate of drug-likeness (QED) is 0.161. The lowest BCUT2D eigenvalue weighted by atomic mass is 9.58. The summed E-state index contributed by atoms with van der Waals surface area (Å²) in [5.41, 5.74) is 4.87. The number of methoxy groups -OCH3 is 1. The zero-order valence-corrected chi connectivity index (χ0v) is 26.8. The number of fused-ring (bicyclic) bond motifs is 3. The number of carbonyl (C=O) groups is 2. The van der Waals surface area contributed by atoms with E-state index >= 15 is 0 Å². The second-order valence-electron chi connectivity index (χ2n) is 12.3. The van der Waals surface area contributed by atoms with Crippen LogP contribution in [0.3, 0.4) is 0 Å². The van der Waals surface area contributed by atoms with E-state index in [9.17, 15) is 19.7 Å². The number of pyridine rings is 1. The molecule has 2 N–H and O–H groups in total. The molecule has 10 heteroatoms. The van der Waals surface area contributed by atoms with Crippen molar-refractivity contribution in [2.75, 3.05) is 7.11 Å². The van der Waals surface area contributed by atoms with Gasteiger partial charge in [0.2, 0.25) is 11.8 Å². The Bertz CT molecular complexity index is 1460. The molecule has 0 radical (unpaired) electrons. The molecular weight excluding hydrogens is 658 g/mol. The number of benzene rings is 1. The number of aromatic hydroxyl groups is 1. The normalized spacial score (nSPS) is 26.6. The monoisotopic (exact) mass is 696 g/mol. The average molecular weight is 696 g/mol. The lowest BCUT2D eigenvalue weighted by Gasteiger charge is -2.42. The van der Waals surface area contributed by atoms with Gasteiger partial charge in [-0.2, -0.15) is 0 Å². The summed E-state index contributed by atoms with van der Waals surface area (Å²) >= 11 is 2.09. The van der Waals surface area contributed by atoms with Crippen LogP contribution in [-0.4, -0.2) is 58.2 Å². The van der Waals surface area contributed by atoms with Crippen LogP contribution in [0.25, 0.3) is 11.6 Å². The highest BCUT2D eigenvalue weighted by atomic mass is 127. The minimum atomic E-state index is -0.998. The van der Waals surface area contributed by atoms with Crippen LogP contribution in [0.4, 0.5) is 0 Å². The van der Waals surface area contributed by atoms with Crippen LogP contribution in [0.15, 0.2) is 47.7 Å². The van der Waals surface area contributed by atoms with Crippen molar-refractivity contribution in [3.05, 3.63) is 62.5 Å². The third kappa shape index (κ3) is 5.90. The molecule has 6 rings (SSSR count). The first-order valence-corrected chi connectivity index (χ1v) is 16.4. The number of likely N-dealkylation sites (tertiary alicyclic amines) is 1. The van der Waals surface area contributed by atoms with Crippen LogP contribution in [-0.2, 0) is 14.2 Å². The van der Waals surface area contributed by atoms with Gasteiger partial charge in [-0.25, -0.2) is 0 Å². The van der Waals surface area contributed by atoms with E-state index in [4.69, 9.17) is 9.39 Å². The van der Waals surface area contributed by atoms with Crippen molar-refractivity contribution in [1.29, 1.82) is 0 Å². The number of allylic oxidation sites excluding steroid dienone is 2. The molecule has 0 bridgehead atoms. The molecule has 0 unspecified atom stereocenters. The first kappa shape index (κ1) is 30.3. The molecule has 1 aromatic heterocycles. The summed E-state index contributed by atoms with van der Waals surface area (Å²) in [6, 6.07) is 9.49. The third-order valence-electron chi connectivity index (χ3n) is 9.71. The lowest BCUT2D eigenvalue weighted by molar-refractivity contribution is -0.143. The molecule has 1 saturated carbocycles. The Balaban J connectivity index is 1.28. The minimum Gasteiger partial charge on any atom is -0.504 e. The second-order valence-corrected chi connectivity index (χ2v) is 13.5. The molecular formula is C33H38BIN2O6. The van der Waals surface area contributed by atoms with Gasteiger partial charge in [0.1, 0.15) is 0 Å². The van der Waals surface area contributed by atoms with Crippen molar-refractivity contribution >= 4 is 53.2 Å². The molecule has 2 amide bonds. The first-order valence-electron chi connectivity index (χ1n) is 15.3. The molecule has 2 aromatic rings. The molecule has 0 spiro atoms. The summed E-state index contributed by atoms with van der Waals surface area (Å²) in [6.07, 6.45) is 10.6. The number of halogens is 1. The molecule has 43 heavy (non-hydrogen) atoms. The van der Waals surface area contributed by atoms with Crippen molar-refractivity contribution in [2.24, 2.45) is 17.8 Å². The first-order chi connectivity index (χ1) is 20.8. The van der Waals surface area contributed by atoms with Crippen LogP contribution in [0, 0.1) is 21.3 Å². The Morgan fingerprint density at radius 3 is 2.70 bits per heavy atom. The Morgan fingerprint density at radius 2 is 1.98 bits per heavy atom. The summed E-state index contributed by atoms with van der Waals surface area (Å²) in [7, 11) is 0.532. The fourth-order valence-corrected chi connectivity index (χ4v) is 8.42. The number of aromatic nitrogens is 1. The van der Waals surface area contributed by atoms with Crippen LogP contribution in [0.2, 0.25) is 6.32 Å². The third-order valence-corrected chi connectivity index (χ3v) is 10.5. The van der Waals surface area contributed by atoms with Crippen LogP contribution >= 0.6 is 22.6 Å². The zero-order chi connectivity index (χ0) is 30.2. The number of amides is 2. The average Bonchev–Trinajstić information content (AvgIpc) is 3.26. The summed E-state index contributed by atoms with van der Waals surface area (Å²) in [4.78, 5) is 33.7. The molecule has 3 heterocycles. The number of hydrogen-bond acceptors (Lipinski definition) is 7. The van der Waals surface area contributed by atoms with Gasteiger partial charge < -0.3 is 19.5 Å². The fourth-order valence-electron chi connectivity index (χ4n) is 7.79. The number of ether oxygens (including phenoxy) is 1. The smallest absolute Gasteiger partial charge is 0.455 e. The van der Waals surface area contributed by atoms with E-state index in [0.717, 1.165) is 60.1 Å². The number of phenolic OH excluding ortho intramolecular Hbond substituents is 1. The van der Waals surface area contributed by atoms with Gasteiger partial charge in [0.05, 0.1) is 34.3 Å². The van der Waals surface area contributed by atoms with E-state index in [-0.39, 0.29) is 41.5 Å². The summed E-state index contributed by atoms with van der Waals surface area (Å²) in [5.74, 6) is -0.530. The van der Waals surface area contributed by atoms with Gasteiger partial charge in [-0.1, -0.05) is 30.9 Å². The molecule has 3 fully saturated rings. The number of rotatable bonds is 7. The number of hydrogen-bond donors (Lipinski definition) is 2. The number of nitrogens with zero attached hydrogens (tertiary/aromatic N) is 2. The summed E-state index contributed by atoms with van der Waals surface area (Å²) < 4.78 is 12.2. The largest absolute Gasteiger partial charge is 0.504 e. The highest BCUT2D eigenvalue weighted by Crippen LogP contribution is 2.51. The summed E-state index contributed by atoms with van der Waals surface area (Å²) in [5, 5.41) is 21.2. The van der Waals surface area contributed by atoms with E-state index in [0.29, 0.717) is 34.9 Å². The van der Waals surface area contributed by atoms with Crippen molar-refractivity contribution in [3.63, 3.8) is 0 Å². The predicted octanol–water partition coefficient (Wildman–Crippen LogP) is 5.87. The van der Waals surface area contributed by atoms with Gasteiger partial charge in [0, 0.05) is 12.2 Å². The Labute approximate surface area is 266 Å². The fraction of sp³-hybridized carbons (Fsp3) is 0.485.